The van der Waals surface area contributed by atoms with Crippen molar-refractivity contribution in [3.63, 3.8) is 0 Å². The third kappa shape index (κ3) is 3.53. The summed E-state index contributed by atoms with van der Waals surface area (Å²) in [6.45, 7) is 2.15. The van der Waals surface area contributed by atoms with Crippen LogP contribution in [0.1, 0.15) is 51.9 Å². The molecule has 2 atom stereocenters. The number of ether oxygens (including phenoxy) is 2. The van der Waals surface area contributed by atoms with Crippen molar-refractivity contribution in [2.45, 2.75) is 63.8 Å². The SMILES string of the molecule is CCCCCCCC1CC(=O)C(O)(C(=O)OC)O1. The molecule has 1 aliphatic rings. The number of methoxy groups -OCH3 is 1. The Morgan fingerprint density at radius 1 is 1.44 bits per heavy atom. The Morgan fingerprint density at radius 2 is 2.11 bits per heavy atom. The molecule has 5 heteroatoms. The van der Waals surface area contributed by atoms with Crippen molar-refractivity contribution in [3.8, 4) is 0 Å². The molecule has 1 heterocycles. The normalized spacial score (nSPS) is 27.5. The first-order chi connectivity index (χ1) is 8.54. The van der Waals surface area contributed by atoms with Crippen LogP contribution in [0.15, 0.2) is 0 Å². The molecule has 18 heavy (non-hydrogen) atoms. The fraction of sp³-hybridized carbons (Fsp3) is 0.846. The number of hydrogen-bond acceptors (Lipinski definition) is 5. The maximum absolute atomic E-state index is 11.6. The van der Waals surface area contributed by atoms with E-state index in [-0.39, 0.29) is 12.5 Å². The van der Waals surface area contributed by atoms with Gasteiger partial charge in [-0.15, -0.1) is 0 Å². The highest BCUT2D eigenvalue weighted by Gasteiger charge is 2.53. The predicted molar refractivity (Wildman–Crippen MR) is 64.8 cm³/mol. The fourth-order valence-corrected chi connectivity index (χ4v) is 2.13. The molecule has 0 amide bonds. The second-order valence-electron chi connectivity index (χ2n) is 4.71. The summed E-state index contributed by atoms with van der Waals surface area (Å²) >= 11 is 0. The molecule has 0 radical (unpaired) electrons. The van der Waals surface area contributed by atoms with Gasteiger partial charge in [0, 0.05) is 6.42 Å². The van der Waals surface area contributed by atoms with Gasteiger partial charge < -0.3 is 14.6 Å². The average molecular weight is 258 g/mol. The standard InChI is InChI=1S/C13H22O5/c1-3-4-5-6-7-8-10-9-11(14)13(16,18-10)12(15)17-2/h10,16H,3-9H2,1-2H3. The van der Waals surface area contributed by atoms with Gasteiger partial charge in [-0.2, -0.15) is 0 Å². The van der Waals surface area contributed by atoms with Crippen LogP contribution in [-0.4, -0.2) is 35.9 Å². The largest absolute Gasteiger partial charge is 0.465 e. The van der Waals surface area contributed by atoms with Gasteiger partial charge in [-0.3, -0.25) is 4.79 Å². The summed E-state index contributed by atoms with van der Waals surface area (Å²) in [4.78, 5) is 22.9. The third-order valence-corrected chi connectivity index (χ3v) is 3.22. The molecular weight excluding hydrogens is 236 g/mol. The zero-order valence-corrected chi connectivity index (χ0v) is 11.1. The van der Waals surface area contributed by atoms with E-state index in [4.69, 9.17) is 4.74 Å². The van der Waals surface area contributed by atoms with Crippen LogP contribution in [0.5, 0.6) is 0 Å². The first-order valence-electron chi connectivity index (χ1n) is 6.56. The van der Waals surface area contributed by atoms with Crippen molar-refractivity contribution < 1.29 is 24.2 Å². The van der Waals surface area contributed by atoms with Gasteiger partial charge >= 0.3 is 11.8 Å². The minimum Gasteiger partial charge on any atom is -0.465 e. The molecule has 1 rings (SSSR count). The topological polar surface area (TPSA) is 72.8 Å². The van der Waals surface area contributed by atoms with Crippen LogP contribution in [0.4, 0.5) is 0 Å². The van der Waals surface area contributed by atoms with Gasteiger partial charge in [0.15, 0.2) is 0 Å². The summed E-state index contributed by atoms with van der Waals surface area (Å²) in [6, 6.07) is 0. The average Bonchev–Trinajstić information content (AvgIpc) is 2.65. The van der Waals surface area contributed by atoms with Crippen LogP contribution in [0.2, 0.25) is 0 Å². The maximum atomic E-state index is 11.6. The first-order valence-corrected chi connectivity index (χ1v) is 6.56. The number of rotatable bonds is 7. The number of ketones is 1. The molecule has 104 valence electrons. The van der Waals surface area contributed by atoms with Gasteiger partial charge in [0.25, 0.3) is 0 Å². The van der Waals surface area contributed by atoms with E-state index >= 15 is 0 Å². The second kappa shape index (κ2) is 6.85. The summed E-state index contributed by atoms with van der Waals surface area (Å²) in [5, 5.41) is 9.79. The zero-order chi connectivity index (χ0) is 13.6. The van der Waals surface area contributed by atoms with Crippen molar-refractivity contribution in [2.24, 2.45) is 0 Å². The summed E-state index contributed by atoms with van der Waals surface area (Å²) in [6.07, 6.45) is 5.97. The molecule has 1 aliphatic heterocycles. The van der Waals surface area contributed by atoms with Crippen molar-refractivity contribution in [3.05, 3.63) is 0 Å². The summed E-state index contributed by atoms with van der Waals surface area (Å²) in [7, 11) is 1.12. The number of unbranched alkanes of at least 4 members (excludes halogenated alkanes) is 4. The highest BCUT2D eigenvalue weighted by molar-refractivity contribution is 6.06. The van der Waals surface area contributed by atoms with Gasteiger partial charge in [-0.25, -0.2) is 4.79 Å². The van der Waals surface area contributed by atoms with Crippen molar-refractivity contribution >= 4 is 11.8 Å². The minimum absolute atomic E-state index is 0.0827. The molecule has 0 aromatic heterocycles. The Morgan fingerprint density at radius 3 is 2.72 bits per heavy atom. The maximum Gasteiger partial charge on any atom is 0.374 e. The lowest BCUT2D eigenvalue weighted by Crippen LogP contribution is -2.45. The van der Waals surface area contributed by atoms with Gasteiger partial charge in [0.1, 0.15) is 0 Å². The summed E-state index contributed by atoms with van der Waals surface area (Å²) in [5.41, 5.74) is 0. The lowest BCUT2D eigenvalue weighted by molar-refractivity contribution is -0.216. The lowest BCUT2D eigenvalue weighted by atomic mass is 10.0. The van der Waals surface area contributed by atoms with E-state index in [1.54, 1.807) is 0 Å². The van der Waals surface area contributed by atoms with Crippen LogP contribution in [0, 0.1) is 0 Å². The smallest absolute Gasteiger partial charge is 0.374 e. The number of esters is 1. The van der Waals surface area contributed by atoms with Crippen LogP contribution in [0.25, 0.3) is 0 Å². The van der Waals surface area contributed by atoms with E-state index in [2.05, 4.69) is 11.7 Å². The third-order valence-electron chi connectivity index (χ3n) is 3.22. The zero-order valence-electron chi connectivity index (χ0n) is 11.1. The molecular formula is C13H22O5. The van der Waals surface area contributed by atoms with E-state index in [9.17, 15) is 14.7 Å². The van der Waals surface area contributed by atoms with E-state index < -0.39 is 17.5 Å². The van der Waals surface area contributed by atoms with Gasteiger partial charge in [0.05, 0.1) is 13.2 Å². The number of hydrogen-bond donors (Lipinski definition) is 1. The summed E-state index contributed by atoms with van der Waals surface area (Å²) < 4.78 is 9.53. The molecule has 0 spiro atoms. The Hall–Kier alpha value is -0.940. The fourth-order valence-electron chi connectivity index (χ4n) is 2.13. The number of carbonyl (C=O) groups excluding carboxylic acids is 2. The number of Topliss-reactive ketones (excluding diaryl/α,β-unsaturated/α-hetero) is 1. The van der Waals surface area contributed by atoms with Gasteiger partial charge in [-0.05, 0) is 6.42 Å². The van der Waals surface area contributed by atoms with Crippen LogP contribution >= 0.6 is 0 Å². The summed E-state index contributed by atoms with van der Waals surface area (Å²) in [5.74, 6) is -4.00. The molecule has 0 bridgehead atoms. The monoisotopic (exact) mass is 258 g/mol. The molecule has 0 aromatic carbocycles. The Bertz CT molecular complexity index is 302. The van der Waals surface area contributed by atoms with Crippen LogP contribution < -0.4 is 0 Å². The Labute approximate surface area is 107 Å². The molecule has 5 nitrogen and oxygen atoms in total. The lowest BCUT2D eigenvalue weighted by Gasteiger charge is -2.18. The molecule has 1 fully saturated rings. The van der Waals surface area contributed by atoms with E-state index in [1.165, 1.54) is 19.3 Å². The van der Waals surface area contributed by atoms with Gasteiger partial charge in [0.2, 0.25) is 5.78 Å². The van der Waals surface area contributed by atoms with Crippen LogP contribution in [-0.2, 0) is 19.1 Å². The van der Waals surface area contributed by atoms with Crippen molar-refractivity contribution in [2.75, 3.05) is 7.11 Å². The number of aliphatic hydroxyl groups is 1. The molecule has 0 saturated carbocycles. The van der Waals surface area contributed by atoms with Crippen molar-refractivity contribution in [1.82, 2.24) is 0 Å². The molecule has 2 unspecified atom stereocenters. The first kappa shape index (κ1) is 15.1. The molecule has 1 saturated heterocycles. The molecule has 1 N–H and O–H groups in total. The van der Waals surface area contributed by atoms with E-state index in [1.807, 2.05) is 0 Å². The van der Waals surface area contributed by atoms with Crippen LogP contribution in [0.3, 0.4) is 0 Å². The molecule has 0 aliphatic carbocycles. The highest BCUT2D eigenvalue weighted by Crippen LogP contribution is 2.29. The quantitative estimate of drug-likeness (QED) is 0.426. The van der Waals surface area contributed by atoms with Gasteiger partial charge in [-0.1, -0.05) is 39.0 Å². The minimum atomic E-state index is -2.37. The van der Waals surface area contributed by atoms with Crippen molar-refractivity contribution in [1.29, 1.82) is 0 Å². The van der Waals surface area contributed by atoms with E-state index in [0.717, 1.165) is 20.0 Å². The number of carbonyl (C=O) groups is 2. The molecule has 0 aromatic rings. The Balaban J connectivity index is 2.35. The highest BCUT2D eigenvalue weighted by atomic mass is 16.7. The van der Waals surface area contributed by atoms with E-state index in [0.29, 0.717) is 6.42 Å². The second-order valence-corrected chi connectivity index (χ2v) is 4.71. The predicted octanol–water partition coefficient (Wildman–Crippen LogP) is 1.57. The Kier molecular flexibility index (Phi) is 5.75.